The van der Waals surface area contributed by atoms with Crippen LogP contribution in [0.4, 0.5) is 11.4 Å². The molecule has 5 nitrogen and oxygen atoms in total. The largest absolute Gasteiger partial charge is 0.361 e. The SMILES string of the molecule is Cc1cccc2[nH]cc(CC(=O)Nc3ccc4c(c3)CC(=O)N4C)c12. The molecule has 4 rings (SSSR count). The normalized spacial score (nSPS) is 13.4. The molecule has 0 fully saturated rings. The number of carbonyl (C=O) groups is 2. The fraction of sp³-hybridized carbons (Fsp3) is 0.200. The maximum absolute atomic E-state index is 12.5. The number of aryl methyl sites for hydroxylation is 1. The predicted octanol–water partition coefficient (Wildman–Crippen LogP) is 3.18. The highest BCUT2D eigenvalue weighted by Crippen LogP contribution is 2.30. The number of aromatic nitrogens is 1. The molecule has 2 heterocycles. The first-order valence-corrected chi connectivity index (χ1v) is 8.28. The van der Waals surface area contributed by atoms with Crippen LogP contribution in [0.2, 0.25) is 0 Å². The van der Waals surface area contributed by atoms with Gasteiger partial charge in [-0.1, -0.05) is 12.1 Å². The van der Waals surface area contributed by atoms with E-state index in [0.29, 0.717) is 12.8 Å². The van der Waals surface area contributed by atoms with E-state index in [9.17, 15) is 9.59 Å². The number of nitrogens with one attached hydrogen (secondary N) is 2. The van der Waals surface area contributed by atoms with E-state index in [2.05, 4.69) is 10.3 Å². The first-order valence-electron chi connectivity index (χ1n) is 8.28. The summed E-state index contributed by atoms with van der Waals surface area (Å²) in [5.74, 6) is 0.00882. The Morgan fingerprint density at radius 3 is 2.96 bits per heavy atom. The molecule has 2 N–H and O–H groups in total. The lowest BCUT2D eigenvalue weighted by Crippen LogP contribution is -2.20. The van der Waals surface area contributed by atoms with Crippen LogP contribution in [-0.2, 0) is 22.4 Å². The summed E-state index contributed by atoms with van der Waals surface area (Å²) in [6.45, 7) is 2.05. The van der Waals surface area contributed by atoms with Gasteiger partial charge < -0.3 is 15.2 Å². The quantitative estimate of drug-likeness (QED) is 0.773. The third-order valence-electron chi connectivity index (χ3n) is 4.79. The molecule has 5 heteroatoms. The third-order valence-corrected chi connectivity index (χ3v) is 4.79. The highest BCUT2D eigenvalue weighted by atomic mass is 16.2. The summed E-state index contributed by atoms with van der Waals surface area (Å²) < 4.78 is 0. The minimum Gasteiger partial charge on any atom is -0.361 e. The second-order valence-corrected chi connectivity index (χ2v) is 6.51. The molecular formula is C20H19N3O2. The van der Waals surface area contributed by atoms with E-state index in [4.69, 9.17) is 0 Å². The van der Waals surface area contributed by atoms with Crippen molar-refractivity contribution in [1.82, 2.24) is 4.98 Å². The van der Waals surface area contributed by atoms with E-state index in [1.165, 1.54) is 0 Å². The fourth-order valence-electron chi connectivity index (χ4n) is 3.52. The highest BCUT2D eigenvalue weighted by molar-refractivity contribution is 6.02. The number of anilines is 2. The second-order valence-electron chi connectivity index (χ2n) is 6.51. The summed E-state index contributed by atoms with van der Waals surface area (Å²) in [4.78, 5) is 29.1. The van der Waals surface area contributed by atoms with Crippen LogP contribution in [0, 0.1) is 6.92 Å². The van der Waals surface area contributed by atoms with Crippen LogP contribution in [-0.4, -0.2) is 23.8 Å². The molecule has 3 aromatic rings. The molecule has 0 radical (unpaired) electrons. The molecule has 1 aliphatic rings. The monoisotopic (exact) mass is 333 g/mol. The number of aromatic amines is 1. The van der Waals surface area contributed by atoms with Crippen LogP contribution in [0.5, 0.6) is 0 Å². The van der Waals surface area contributed by atoms with Gasteiger partial charge in [0.25, 0.3) is 0 Å². The Balaban J connectivity index is 1.53. The number of fused-ring (bicyclic) bond motifs is 2. The minimum absolute atomic E-state index is 0.0678. The van der Waals surface area contributed by atoms with E-state index >= 15 is 0 Å². The molecule has 2 aromatic carbocycles. The number of benzene rings is 2. The first-order chi connectivity index (χ1) is 12.0. The van der Waals surface area contributed by atoms with E-state index < -0.39 is 0 Å². The van der Waals surface area contributed by atoms with Crippen molar-refractivity contribution in [1.29, 1.82) is 0 Å². The average Bonchev–Trinajstić information content (AvgIpc) is 3.10. The lowest BCUT2D eigenvalue weighted by atomic mass is 10.1. The van der Waals surface area contributed by atoms with Crippen LogP contribution in [0.1, 0.15) is 16.7 Å². The molecule has 0 unspecified atom stereocenters. The van der Waals surface area contributed by atoms with Crippen molar-refractivity contribution in [3.8, 4) is 0 Å². The summed E-state index contributed by atoms with van der Waals surface area (Å²) in [7, 11) is 1.77. The molecule has 0 saturated heterocycles. The maximum Gasteiger partial charge on any atom is 0.231 e. The highest BCUT2D eigenvalue weighted by Gasteiger charge is 2.24. The number of nitrogens with zero attached hydrogens (tertiary/aromatic N) is 1. The van der Waals surface area contributed by atoms with Crippen molar-refractivity contribution >= 4 is 34.1 Å². The summed E-state index contributed by atoms with van der Waals surface area (Å²) in [6, 6.07) is 11.7. The van der Waals surface area contributed by atoms with Crippen LogP contribution < -0.4 is 10.2 Å². The number of H-pyrrole nitrogens is 1. The Morgan fingerprint density at radius 2 is 2.12 bits per heavy atom. The molecule has 0 spiro atoms. The third kappa shape index (κ3) is 2.67. The van der Waals surface area contributed by atoms with Crippen molar-refractivity contribution in [3.05, 3.63) is 59.3 Å². The van der Waals surface area contributed by atoms with Gasteiger partial charge in [0.15, 0.2) is 0 Å². The van der Waals surface area contributed by atoms with Gasteiger partial charge in [-0.25, -0.2) is 0 Å². The fourth-order valence-corrected chi connectivity index (χ4v) is 3.52. The lowest BCUT2D eigenvalue weighted by Gasteiger charge is -2.11. The van der Waals surface area contributed by atoms with Gasteiger partial charge in [-0.15, -0.1) is 0 Å². The predicted molar refractivity (Wildman–Crippen MR) is 98.9 cm³/mol. The van der Waals surface area contributed by atoms with Gasteiger partial charge >= 0.3 is 0 Å². The minimum atomic E-state index is -0.0678. The standard InChI is InChI=1S/C20H19N3O2/c1-12-4-3-5-16-20(12)14(11-21-16)9-18(24)22-15-6-7-17-13(8-15)10-19(25)23(17)2/h3-8,11,21H,9-10H2,1-2H3,(H,22,24). The Morgan fingerprint density at radius 1 is 1.28 bits per heavy atom. The van der Waals surface area contributed by atoms with Crippen LogP contribution in [0.3, 0.4) is 0 Å². The molecule has 25 heavy (non-hydrogen) atoms. The Kier molecular flexibility index (Phi) is 3.57. The summed E-state index contributed by atoms with van der Waals surface area (Å²) >= 11 is 0. The number of hydrogen-bond acceptors (Lipinski definition) is 2. The Bertz CT molecular complexity index is 1000. The van der Waals surface area contributed by atoms with Gasteiger partial charge in [0.05, 0.1) is 12.8 Å². The van der Waals surface area contributed by atoms with E-state index in [1.54, 1.807) is 11.9 Å². The first kappa shape index (κ1) is 15.4. The van der Waals surface area contributed by atoms with Gasteiger partial charge in [-0.05, 0) is 47.9 Å². The number of likely N-dealkylation sites (N-methyl/N-ethyl adjacent to an activating group) is 1. The van der Waals surface area contributed by atoms with Gasteiger partial charge in [-0.2, -0.15) is 0 Å². The van der Waals surface area contributed by atoms with Crippen LogP contribution in [0.25, 0.3) is 10.9 Å². The molecule has 2 amide bonds. The summed E-state index contributed by atoms with van der Waals surface area (Å²) in [5, 5.41) is 4.05. The number of amides is 2. The van der Waals surface area contributed by atoms with E-state index in [0.717, 1.165) is 39.0 Å². The molecule has 0 aliphatic carbocycles. The smallest absolute Gasteiger partial charge is 0.231 e. The van der Waals surface area contributed by atoms with E-state index in [-0.39, 0.29) is 11.8 Å². The molecular weight excluding hydrogens is 314 g/mol. The molecule has 1 aliphatic heterocycles. The maximum atomic E-state index is 12.5. The van der Waals surface area contributed by atoms with Crippen LogP contribution in [0.15, 0.2) is 42.6 Å². The average molecular weight is 333 g/mol. The zero-order valence-corrected chi connectivity index (χ0v) is 14.2. The van der Waals surface area contributed by atoms with Gasteiger partial charge in [0.1, 0.15) is 0 Å². The number of hydrogen-bond donors (Lipinski definition) is 2. The van der Waals surface area contributed by atoms with Crippen molar-refractivity contribution < 1.29 is 9.59 Å². The zero-order chi connectivity index (χ0) is 17.6. The number of rotatable bonds is 3. The lowest BCUT2D eigenvalue weighted by molar-refractivity contribution is -0.117. The molecule has 0 atom stereocenters. The van der Waals surface area contributed by atoms with Crippen molar-refractivity contribution in [2.24, 2.45) is 0 Å². The second kappa shape index (κ2) is 5.77. The van der Waals surface area contributed by atoms with Crippen molar-refractivity contribution in [3.63, 3.8) is 0 Å². The zero-order valence-electron chi connectivity index (χ0n) is 14.2. The van der Waals surface area contributed by atoms with Gasteiger partial charge in [-0.3, -0.25) is 9.59 Å². The molecule has 0 bridgehead atoms. The molecule has 126 valence electrons. The Labute approximate surface area is 145 Å². The topological polar surface area (TPSA) is 65.2 Å². The van der Waals surface area contributed by atoms with Gasteiger partial charge in [0, 0.05) is 35.5 Å². The Hall–Kier alpha value is -3.08. The molecule has 0 saturated carbocycles. The number of carbonyl (C=O) groups excluding carboxylic acids is 2. The van der Waals surface area contributed by atoms with E-state index in [1.807, 2.05) is 49.5 Å². The van der Waals surface area contributed by atoms with Crippen molar-refractivity contribution in [2.45, 2.75) is 19.8 Å². The van der Waals surface area contributed by atoms with Gasteiger partial charge in [0.2, 0.25) is 11.8 Å². The van der Waals surface area contributed by atoms with Crippen LogP contribution >= 0.6 is 0 Å². The molecule has 1 aromatic heterocycles. The van der Waals surface area contributed by atoms with Crippen molar-refractivity contribution in [2.75, 3.05) is 17.3 Å². The summed E-state index contributed by atoms with van der Waals surface area (Å²) in [5.41, 5.74) is 5.77. The summed E-state index contributed by atoms with van der Waals surface area (Å²) in [6.07, 6.45) is 2.59.